The Balaban J connectivity index is 2.22. The third-order valence-corrected chi connectivity index (χ3v) is 8.71. The highest BCUT2D eigenvalue weighted by molar-refractivity contribution is 9.12. The molecule has 0 unspecified atom stereocenters. The fourth-order valence-electron chi connectivity index (χ4n) is 2.51. The third-order valence-electron chi connectivity index (χ3n) is 4.05. The molecule has 5 nitrogen and oxygen atoms in total. The fourth-order valence-corrected chi connectivity index (χ4v) is 7.72. The van der Waals surface area contributed by atoms with Gasteiger partial charge in [-0.15, -0.1) is 11.3 Å². The number of carboxylic acid groups (broad SMARTS) is 1. The van der Waals surface area contributed by atoms with Crippen molar-refractivity contribution in [3.8, 4) is 0 Å². The zero-order valence-electron chi connectivity index (χ0n) is 11.3. The first-order valence-electron chi connectivity index (χ1n) is 6.41. The van der Waals surface area contributed by atoms with E-state index in [2.05, 4.69) is 31.9 Å². The quantitative estimate of drug-likeness (QED) is 0.745. The largest absolute Gasteiger partial charge is 0.481 e. The molecular weight excluding hydrogens is 446 g/mol. The van der Waals surface area contributed by atoms with E-state index in [1.165, 1.54) is 15.6 Å². The van der Waals surface area contributed by atoms with Crippen LogP contribution in [0.15, 0.2) is 18.5 Å². The monoisotopic (exact) mass is 459 g/mol. The minimum Gasteiger partial charge on any atom is -0.481 e. The number of halogens is 2. The summed E-state index contributed by atoms with van der Waals surface area (Å²) in [5, 5.41) is 9.36. The fraction of sp³-hybridized carbons (Fsp3) is 0.583. The summed E-state index contributed by atoms with van der Waals surface area (Å²) in [6, 6.07) is 1.57. The van der Waals surface area contributed by atoms with Gasteiger partial charge in [0.1, 0.15) is 4.90 Å². The van der Waals surface area contributed by atoms with Gasteiger partial charge in [-0.25, -0.2) is 8.42 Å². The molecule has 2 heterocycles. The number of hydrogen-bond donors (Lipinski definition) is 1. The lowest BCUT2D eigenvalue weighted by Crippen LogP contribution is -2.46. The zero-order valence-corrected chi connectivity index (χ0v) is 16.1. The summed E-state index contributed by atoms with van der Waals surface area (Å²) >= 11 is 7.85. The molecule has 2 rings (SSSR count). The van der Waals surface area contributed by atoms with E-state index in [1.807, 2.05) is 6.92 Å². The summed E-state index contributed by atoms with van der Waals surface area (Å²) in [6.07, 6.45) is 1.21. The first-order chi connectivity index (χ1) is 9.73. The summed E-state index contributed by atoms with van der Waals surface area (Å²) in [5.41, 5.74) is -0.793. The number of hydrogen-bond acceptors (Lipinski definition) is 4. The van der Waals surface area contributed by atoms with Crippen molar-refractivity contribution in [1.29, 1.82) is 0 Å². The van der Waals surface area contributed by atoms with E-state index in [0.717, 1.165) is 3.79 Å². The Morgan fingerprint density at radius 2 is 2.00 bits per heavy atom. The van der Waals surface area contributed by atoms with Crippen LogP contribution in [-0.4, -0.2) is 36.9 Å². The van der Waals surface area contributed by atoms with Crippen molar-refractivity contribution >= 4 is 59.2 Å². The van der Waals surface area contributed by atoms with Gasteiger partial charge in [0, 0.05) is 13.1 Å². The molecule has 1 aliphatic rings. The van der Waals surface area contributed by atoms with Crippen molar-refractivity contribution in [3.05, 3.63) is 13.6 Å². The Kier molecular flexibility index (Phi) is 5.19. The second-order valence-corrected chi connectivity index (χ2v) is 10.7. The summed E-state index contributed by atoms with van der Waals surface area (Å²) in [6.45, 7) is 2.32. The molecule has 1 N–H and O–H groups in total. The van der Waals surface area contributed by atoms with Crippen molar-refractivity contribution in [3.63, 3.8) is 0 Å². The second-order valence-electron chi connectivity index (χ2n) is 5.03. The Labute approximate surface area is 144 Å². The number of rotatable bonds is 4. The lowest BCUT2D eigenvalue weighted by Gasteiger charge is -2.37. The topological polar surface area (TPSA) is 74.7 Å². The van der Waals surface area contributed by atoms with Crippen LogP contribution in [-0.2, 0) is 14.8 Å². The van der Waals surface area contributed by atoms with Gasteiger partial charge in [0.25, 0.3) is 0 Å². The third kappa shape index (κ3) is 3.21. The molecule has 1 saturated heterocycles. The van der Waals surface area contributed by atoms with Crippen LogP contribution in [0.3, 0.4) is 0 Å². The van der Waals surface area contributed by atoms with E-state index in [9.17, 15) is 18.3 Å². The Morgan fingerprint density at radius 3 is 2.38 bits per heavy atom. The first kappa shape index (κ1) is 17.4. The SMILES string of the molecule is CCC1(C(=O)O)CCN(S(=O)(=O)c2cc(Br)sc2Br)CC1. The van der Waals surface area contributed by atoms with E-state index in [-0.39, 0.29) is 18.0 Å². The van der Waals surface area contributed by atoms with Crippen molar-refractivity contribution in [2.45, 2.75) is 31.1 Å². The maximum atomic E-state index is 12.6. The molecule has 9 heteroatoms. The summed E-state index contributed by atoms with van der Waals surface area (Å²) in [4.78, 5) is 11.6. The highest BCUT2D eigenvalue weighted by Crippen LogP contribution is 2.40. The first-order valence-corrected chi connectivity index (χ1v) is 10.3. The number of aliphatic carboxylic acids is 1. The van der Waals surface area contributed by atoms with Gasteiger partial charge in [0.05, 0.1) is 13.0 Å². The van der Waals surface area contributed by atoms with Crippen LogP contribution in [0.2, 0.25) is 0 Å². The molecule has 1 aliphatic heterocycles. The van der Waals surface area contributed by atoms with Gasteiger partial charge in [0.15, 0.2) is 0 Å². The van der Waals surface area contributed by atoms with Gasteiger partial charge in [-0.05, 0) is 57.2 Å². The molecule has 0 spiro atoms. The maximum Gasteiger partial charge on any atom is 0.309 e. The van der Waals surface area contributed by atoms with Crippen LogP contribution in [0, 0.1) is 5.41 Å². The normalized spacial score (nSPS) is 19.6. The molecule has 0 amide bonds. The number of piperidine rings is 1. The molecule has 118 valence electrons. The van der Waals surface area contributed by atoms with E-state index in [1.54, 1.807) is 6.07 Å². The minimum atomic E-state index is -3.58. The Bertz CT molecular complexity index is 648. The summed E-state index contributed by atoms with van der Waals surface area (Å²) < 4.78 is 27.9. The molecule has 0 atom stereocenters. The van der Waals surface area contributed by atoms with Crippen molar-refractivity contribution in [2.75, 3.05) is 13.1 Å². The van der Waals surface area contributed by atoms with Crippen LogP contribution in [0.5, 0.6) is 0 Å². The molecule has 0 aliphatic carbocycles. The van der Waals surface area contributed by atoms with Gasteiger partial charge in [-0.3, -0.25) is 4.79 Å². The predicted molar refractivity (Wildman–Crippen MR) is 88.1 cm³/mol. The van der Waals surface area contributed by atoms with Crippen molar-refractivity contribution < 1.29 is 18.3 Å². The predicted octanol–water partition coefficient (Wildman–Crippen LogP) is 3.54. The number of thiophene rings is 1. The second kappa shape index (κ2) is 6.27. The number of sulfonamides is 1. The van der Waals surface area contributed by atoms with Gasteiger partial charge in [-0.1, -0.05) is 6.92 Å². The molecule has 1 aromatic heterocycles. The molecule has 0 aromatic carbocycles. The van der Waals surface area contributed by atoms with E-state index < -0.39 is 21.4 Å². The molecule has 1 aromatic rings. The molecule has 1 fully saturated rings. The number of carboxylic acids is 1. The van der Waals surface area contributed by atoms with Crippen LogP contribution >= 0.6 is 43.2 Å². The van der Waals surface area contributed by atoms with Crippen LogP contribution in [0.1, 0.15) is 26.2 Å². The smallest absolute Gasteiger partial charge is 0.309 e. The summed E-state index contributed by atoms with van der Waals surface area (Å²) in [5.74, 6) is -0.832. The van der Waals surface area contributed by atoms with Gasteiger partial charge in [-0.2, -0.15) is 4.31 Å². The lowest BCUT2D eigenvalue weighted by atomic mass is 9.77. The highest BCUT2D eigenvalue weighted by atomic mass is 79.9. The number of nitrogens with zero attached hydrogens (tertiary/aromatic N) is 1. The van der Waals surface area contributed by atoms with Gasteiger partial charge in [0.2, 0.25) is 10.0 Å². The number of carbonyl (C=O) groups is 1. The van der Waals surface area contributed by atoms with Crippen LogP contribution in [0.25, 0.3) is 0 Å². The Hall–Kier alpha value is 0.0400. The average molecular weight is 461 g/mol. The maximum absolute atomic E-state index is 12.6. The van der Waals surface area contributed by atoms with E-state index in [4.69, 9.17) is 0 Å². The highest BCUT2D eigenvalue weighted by Gasteiger charge is 2.43. The summed E-state index contributed by atoms with van der Waals surface area (Å²) in [7, 11) is -3.58. The van der Waals surface area contributed by atoms with E-state index in [0.29, 0.717) is 23.0 Å². The zero-order chi connectivity index (χ0) is 15.8. The molecule has 21 heavy (non-hydrogen) atoms. The average Bonchev–Trinajstić information content (AvgIpc) is 2.78. The van der Waals surface area contributed by atoms with Gasteiger partial charge < -0.3 is 5.11 Å². The van der Waals surface area contributed by atoms with Crippen molar-refractivity contribution in [1.82, 2.24) is 4.31 Å². The van der Waals surface area contributed by atoms with Crippen LogP contribution < -0.4 is 0 Å². The van der Waals surface area contributed by atoms with Crippen LogP contribution in [0.4, 0.5) is 0 Å². The molecule has 0 radical (unpaired) electrons. The van der Waals surface area contributed by atoms with E-state index >= 15 is 0 Å². The van der Waals surface area contributed by atoms with Crippen molar-refractivity contribution in [2.24, 2.45) is 5.41 Å². The molecule has 0 bridgehead atoms. The lowest BCUT2D eigenvalue weighted by molar-refractivity contribution is -0.151. The minimum absolute atomic E-state index is 0.235. The Morgan fingerprint density at radius 1 is 1.43 bits per heavy atom. The molecule has 0 saturated carbocycles. The standard InChI is InChI=1S/C12H15Br2NO4S2/c1-2-12(11(16)17)3-5-15(6-4-12)21(18,19)8-7-9(13)20-10(8)14/h7H,2-6H2,1H3,(H,16,17). The van der Waals surface area contributed by atoms with Gasteiger partial charge >= 0.3 is 5.97 Å². The molecular formula is C12H15Br2NO4S2.